The fourth-order valence-corrected chi connectivity index (χ4v) is 2.45. The highest BCUT2D eigenvalue weighted by atomic mass is 16.5. The summed E-state index contributed by atoms with van der Waals surface area (Å²) in [6.07, 6.45) is 9.53. The van der Waals surface area contributed by atoms with Gasteiger partial charge in [0.2, 0.25) is 0 Å². The van der Waals surface area contributed by atoms with E-state index in [0.29, 0.717) is 18.9 Å². The first kappa shape index (κ1) is 19.5. The zero-order valence-electron chi connectivity index (χ0n) is 14.4. The number of ether oxygens (including phenoxy) is 1. The van der Waals surface area contributed by atoms with Crippen LogP contribution >= 0.6 is 0 Å². The van der Waals surface area contributed by atoms with Crippen LogP contribution in [0.1, 0.15) is 86.0 Å². The zero-order chi connectivity index (χ0) is 15.4. The lowest BCUT2D eigenvalue weighted by atomic mass is 9.93. The van der Waals surface area contributed by atoms with Crippen molar-refractivity contribution in [3.05, 3.63) is 0 Å². The Morgan fingerprint density at radius 2 is 1.35 bits per heavy atom. The van der Waals surface area contributed by atoms with Gasteiger partial charge in [0.1, 0.15) is 0 Å². The van der Waals surface area contributed by atoms with E-state index in [4.69, 9.17) is 4.74 Å². The van der Waals surface area contributed by atoms with Crippen LogP contribution in [0.5, 0.6) is 0 Å². The molecule has 2 heteroatoms. The summed E-state index contributed by atoms with van der Waals surface area (Å²) in [5.74, 6) is 2.30. The standard InChI is InChI=1S/C18H36O2/c1-6-18(19)20-14-13-17(5)12-8-11-16(4)10-7-9-15(2)3/h15-17H,6-14H2,1-5H3. The lowest BCUT2D eigenvalue weighted by Crippen LogP contribution is -2.07. The average Bonchev–Trinajstić information content (AvgIpc) is 2.38. The first-order valence-corrected chi connectivity index (χ1v) is 8.61. The Morgan fingerprint density at radius 1 is 0.850 bits per heavy atom. The van der Waals surface area contributed by atoms with Crippen LogP contribution in [-0.4, -0.2) is 12.6 Å². The monoisotopic (exact) mass is 284 g/mol. The average molecular weight is 284 g/mol. The van der Waals surface area contributed by atoms with Crippen molar-refractivity contribution >= 4 is 5.97 Å². The van der Waals surface area contributed by atoms with Gasteiger partial charge in [-0.15, -0.1) is 0 Å². The Bertz CT molecular complexity index is 236. The molecule has 0 N–H and O–H groups in total. The number of hydrogen-bond donors (Lipinski definition) is 0. The third-order valence-corrected chi connectivity index (χ3v) is 4.03. The molecule has 0 aliphatic carbocycles. The molecule has 2 unspecified atom stereocenters. The minimum Gasteiger partial charge on any atom is -0.466 e. The van der Waals surface area contributed by atoms with Gasteiger partial charge in [-0.25, -0.2) is 0 Å². The number of carbonyl (C=O) groups excluding carboxylic acids is 1. The first-order valence-electron chi connectivity index (χ1n) is 8.61. The van der Waals surface area contributed by atoms with Gasteiger partial charge in [-0.05, 0) is 24.2 Å². The Kier molecular flexibility index (Phi) is 11.9. The second-order valence-corrected chi connectivity index (χ2v) is 6.83. The van der Waals surface area contributed by atoms with Crippen LogP contribution in [0.25, 0.3) is 0 Å². The molecular weight excluding hydrogens is 248 g/mol. The highest BCUT2D eigenvalue weighted by Gasteiger charge is 2.07. The third-order valence-electron chi connectivity index (χ3n) is 4.03. The van der Waals surface area contributed by atoms with Crippen molar-refractivity contribution in [2.45, 2.75) is 86.0 Å². The van der Waals surface area contributed by atoms with Crippen molar-refractivity contribution in [1.29, 1.82) is 0 Å². The van der Waals surface area contributed by atoms with Gasteiger partial charge in [-0.3, -0.25) is 4.79 Å². The van der Waals surface area contributed by atoms with Crippen molar-refractivity contribution in [1.82, 2.24) is 0 Å². The van der Waals surface area contributed by atoms with Gasteiger partial charge in [-0.2, -0.15) is 0 Å². The van der Waals surface area contributed by atoms with E-state index in [0.717, 1.165) is 18.3 Å². The number of hydrogen-bond acceptors (Lipinski definition) is 2. The summed E-state index contributed by atoms with van der Waals surface area (Å²) in [5, 5.41) is 0. The lowest BCUT2D eigenvalue weighted by molar-refractivity contribution is -0.143. The van der Waals surface area contributed by atoms with Crippen LogP contribution in [0, 0.1) is 17.8 Å². The Hall–Kier alpha value is -0.530. The quantitative estimate of drug-likeness (QED) is 0.436. The Balaban J connectivity index is 3.45. The summed E-state index contributed by atoms with van der Waals surface area (Å²) in [4.78, 5) is 11.0. The van der Waals surface area contributed by atoms with E-state index in [1.807, 2.05) is 6.92 Å². The number of rotatable bonds is 12. The van der Waals surface area contributed by atoms with E-state index in [1.54, 1.807) is 0 Å². The van der Waals surface area contributed by atoms with Crippen molar-refractivity contribution in [2.75, 3.05) is 6.61 Å². The predicted octanol–water partition coefficient (Wildman–Crippen LogP) is 5.60. The van der Waals surface area contributed by atoms with Crippen molar-refractivity contribution in [2.24, 2.45) is 17.8 Å². The molecule has 0 bridgehead atoms. The topological polar surface area (TPSA) is 26.3 Å². The molecule has 0 fully saturated rings. The van der Waals surface area contributed by atoms with Gasteiger partial charge < -0.3 is 4.74 Å². The molecule has 0 saturated heterocycles. The molecule has 2 nitrogen and oxygen atoms in total. The van der Waals surface area contributed by atoms with E-state index in [2.05, 4.69) is 27.7 Å². The highest BCUT2D eigenvalue weighted by molar-refractivity contribution is 5.68. The van der Waals surface area contributed by atoms with Crippen LogP contribution in [0.15, 0.2) is 0 Å². The maximum absolute atomic E-state index is 11.0. The molecule has 0 amide bonds. The van der Waals surface area contributed by atoms with Crippen LogP contribution < -0.4 is 0 Å². The summed E-state index contributed by atoms with van der Waals surface area (Å²) >= 11 is 0. The third kappa shape index (κ3) is 12.5. The largest absolute Gasteiger partial charge is 0.466 e. The van der Waals surface area contributed by atoms with Crippen LogP contribution in [0.3, 0.4) is 0 Å². The zero-order valence-corrected chi connectivity index (χ0v) is 14.4. The van der Waals surface area contributed by atoms with E-state index < -0.39 is 0 Å². The second kappa shape index (κ2) is 12.2. The second-order valence-electron chi connectivity index (χ2n) is 6.83. The van der Waals surface area contributed by atoms with Crippen molar-refractivity contribution in [3.8, 4) is 0 Å². The summed E-state index contributed by atoms with van der Waals surface area (Å²) in [7, 11) is 0. The van der Waals surface area contributed by atoms with Gasteiger partial charge in [-0.1, -0.05) is 73.1 Å². The summed E-state index contributed by atoms with van der Waals surface area (Å²) in [5.41, 5.74) is 0. The molecular formula is C18H36O2. The molecule has 0 heterocycles. The molecule has 0 rings (SSSR count). The summed E-state index contributed by atoms with van der Waals surface area (Å²) in [6, 6.07) is 0. The van der Waals surface area contributed by atoms with Crippen LogP contribution in [0.4, 0.5) is 0 Å². The van der Waals surface area contributed by atoms with Gasteiger partial charge in [0, 0.05) is 6.42 Å². The van der Waals surface area contributed by atoms with Gasteiger partial charge in [0.05, 0.1) is 6.61 Å². The van der Waals surface area contributed by atoms with E-state index in [1.165, 1.54) is 38.5 Å². The molecule has 0 spiro atoms. The van der Waals surface area contributed by atoms with Crippen molar-refractivity contribution in [3.63, 3.8) is 0 Å². The smallest absolute Gasteiger partial charge is 0.305 e. The molecule has 0 aliphatic heterocycles. The van der Waals surface area contributed by atoms with E-state index >= 15 is 0 Å². The predicted molar refractivity (Wildman–Crippen MR) is 86.7 cm³/mol. The van der Waals surface area contributed by atoms with Gasteiger partial charge >= 0.3 is 5.97 Å². The Labute approximate surface area is 126 Å². The first-order chi connectivity index (χ1) is 9.45. The molecule has 20 heavy (non-hydrogen) atoms. The minimum absolute atomic E-state index is 0.0732. The fourth-order valence-electron chi connectivity index (χ4n) is 2.45. The van der Waals surface area contributed by atoms with Gasteiger partial charge in [0.25, 0.3) is 0 Å². The van der Waals surface area contributed by atoms with Crippen LogP contribution in [0.2, 0.25) is 0 Å². The minimum atomic E-state index is -0.0732. The SMILES string of the molecule is CCC(=O)OCCC(C)CCCC(C)CCCC(C)C. The van der Waals surface area contributed by atoms with Crippen molar-refractivity contribution < 1.29 is 9.53 Å². The molecule has 0 aliphatic rings. The normalized spacial score (nSPS) is 14.3. The lowest BCUT2D eigenvalue weighted by Gasteiger charge is -2.15. The molecule has 0 aromatic heterocycles. The molecule has 2 atom stereocenters. The molecule has 0 aromatic rings. The van der Waals surface area contributed by atoms with Gasteiger partial charge in [0.15, 0.2) is 0 Å². The summed E-state index contributed by atoms with van der Waals surface area (Å²) in [6.45, 7) is 11.7. The fraction of sp³-hybridized carbons (Fsp3) is 0.944. The summed E-state index contributed by atoms with van der Waals surface area (Å²) < 4.78 is 5.13. The molecule has 0 saturated carbocycles. The van der Waals surface area contributed by atoms with E-state index in [-0.39, 0.29) is 5.97 Å². The highest BCUT2D eigenvalue weighted by Crippen LogP contribution is 2.20. The maximum Gasteiger partial charge on any atom is 0.305 e. The number of carbonyl (C=O) groups is 1. The molecule has 0 aromatic carbocycles. The Morgan fingerprint density at radius 3 is 1.85 bits per heavy atom. The maximum atomic E-state index is 11.0. The van der Waals surface area contributed by atoms with E-state index in [9.17, 15) is 4.79 Å². The van der Waals surface area contributed by atoms with Crippen LogP contribution in [-0.2, 0) is 9.53 Å². The number of esters is 1. The molecule has 0 radical (unpaired) electrons. The molecule has 120 valence electrons.